The molecule has 0 bridgehead atoms. The van der Waals surface area contributed by atoms with Crippen LogP contribution < -0.4 is 16.0 Å². The Morgan fingerprint density at radius 2 is 1.83 bits per heavy atom. The molecule has 1 unspecified atom stereocenters. The van der Waals surface area contributed by atoms with E-state index in [1.165, 1.54) is 0 Å². The summed E-state index contributed by atoms with van der Waals surface area (Å²) < 4.78 is 0. The second kappa shape index (κ2) is 7.68. The molecule has 29 heavy (non-hydrogen) atoms. The third kappa shape index (κ3) is 3.58. The van der Waals surface area contributed by atoms with Crippen molar-refractivity contribution in [3.63, 3.8) is 0 Å². The molecule has 0 aromatic heterocycles. The molecule has 3 heterocycles. The fourth-order valence-corrected chi connectivity index (χ4v) is 4.48. The number of hydrogen-bond acceptors (Lipinski definition) is 6. The minimum Gasteiger partial charge on any atom is -0.317 e. The van der Waals surface area contributed by atoms with Crippen LogP contribution in [0.4, 0.5) is 0 Å². The predicted octanol–water partition coefficient (Wildman–Crippen LogP) is 0.710. The summed E-state index contributed by atoms with van der Waals surface area (Å²) in [5, 5.41) is 9.24. The molecule has 3 N–H and O–H groups in total. The zero-order valence-electron chi connectivity index (χ0n) is 16.5. The van der Waals surface area contributed by atoms with Crippen LogP contribution in [0.2, 0.25) is 0 Å². The van der Waals surface area contributed by atoms with Gasteiger partial charge in [0.15, 0.2) is 0 Å². The van der Waals surface area contributed by atoms with Crippen molar-refractivity contribution in [2.75, 3.05) is 13.1 Å². The maximum absolute atomic E-state index is 12.9. The largest absolute Gasteiger partial charge is 0.317 e. The van der Waals surface area contributed by atoms with E-state index in [1.807, 2.05) is 6.07 Å². The van der Waals surface area contributed by atoms with Crippen molar-refractivity contribution in [1.29, 1.82) is 0 Å². The lowest BCUT2D eigenvalue weighted by molar-refractivity contribution is -0.136. The normalized spacial score (nSPS) is 23.9. The highest BCUT2D eigenvalue weighted by molar-refractivity contribution is 6.23. The number of imide groups is 2. The van der Waals surface area contributed by atoms with Gasteiger partial charge in [0, 0.05) is 18.5 Å². The number of carbonyl (C=O) groups excluding carboxylic acids is 4. The van der Waals surface area contributed by atoms with Crippen molar-refractivity contribution < 1.29 is 19.2 Å². The van der Waals surface area contributed by atoms with Gasteiger partial charge in [-0.15, -0.1) is 0 Å². The Morgan fingerprint density at radius 3 is 2.52 bits per heavy atom. The van der Waals surface area contributed by atoms with E-state index in [2.05, 4.69) is 22.9 Å². The Morgan fingerprint density at radius 1 is 1.10 bits per heavy atom. The number of carbonyl (C=O) groups is 4. The van der Waals surface area contributed by atoms with Crippen LogP contribution in [-0.4, -0.2) is 53.2 Å². The van der Waals surface area contributed by atoms with Gasteiger partial charge in [-0.2, -0.15) is 0 Å². The molecule has 0 radical (unpaired) electrons. The molecule has 8 heteroatoms. The lowest BCUT2D eigenvalue weighted by Gasteiger charge is -2.38. The number of benzene rings is 1. The van der Waals surface area contributed by atoms with Gasteiger partial charge in [-0.05, 0) is 56.5 Å². The maximum atomic E-state index is 12.9. The number of rotatable bonds is 5. The Balaban J connectivity index is 1.51. The van der Waals surface area contributed by atoms with Crippen molar-refractivity contribution in [1.82, 2.24) is 20.9 Å². The van der Waals surface area contributed by atoms with Gasteiger partial charge in [-0.3, -0.25) is 29.4 Å². The molecule has 0 spiro atoms. The van der Waals surface area contributed by atoms with Crippen LogP contribution in [0.15, 0.2) is 18.2 Å². The smallest absolute Gasteiger partial charge is 0.262 e. The van der Waals surface area contributed by atoms with Crippen LogP contribution in [-0.2, 0) is 16.1 Å². The summed E-state index contributed by atoms with van der Waals surface area (Å²) >= 11 is 0. The maximum Gasteiger partial charge on any atom is 0.262 e. The van der Waals surface area contributed by atoms with E-state index in [4.69, 9.17) is 0 Å². The van der Waals surface area contributed by atoms with Crippen LogP contribution >= 0.6 is 0 Å². The van der Waals surface area contributed by atoms with E-state index in [0.717, 1.165) is 42.8 Å². The second-order valence-corrected chi connectivity index (χ2v) is 8.06. The van der Waals surface area contributed by atoms with Gasteiger partial charge in [0.1, 0.15) is 6.04 Å². The molecule has 2 fully saturated rings. The molecule has 3 aliphatic heterocycles. The molecule has 3 aliphatic rings. The fourth-order valence-electron chi connectivity index (χ4n) is 4.48. The number of hydrogen-bond donors (Lipinski definition) is 3. The van der Waals surface area contributed by atoms with Gasteiger partial charge >= 0.3 is 0 Å². The quantitative estimate of drug-likeness (QED) is 0.631. The van der Waals surface area contributed by atoms with Crippen molar-refractivity contribution in [3.05, 3.63) is 34.9 Å². The Kier molecular flexibility index (Phi) is 5.23. The first-order chi connectivity index (χ1) is 13.9. The molecule has 8 nitrogen and oxygen atoms in total. The number of nitrogens with one attached hydrogen (secondary N) is 3. The number of amides is 4. The van der Waals surface area contributed by atoms with Crippen LogP contribution in [0.25, 0.3) is 0 Å². The summed E-state index contributed by atoms with van der Waals surface area (Å²) in [6.45, 7) is 4.76. The van der Waals surface area contributed by atoms with Crippen molar-refractivity contribution in [3.8, 4) is 0 Å². The molecular weight excluding hydrogens is 372 g/mol. The number of fused-ring (bicyclic) bond motifs is 1. The van der Waals surface area contributed by atoms with Crippen molar-refractivity contribution in [2.45, 2.75) is 57.2 Å². The van der Waals surface area contributed by atoms with E-state index >= 15 is 0 Å². The summed E-state index contributed by atoms with van der Waals surface area (Å²) in [6, 6.07) is 4.34. The van der Waals surface area contributed by atoms with Crippen LogP contribution in [0.1, 0.15) is 65.3 Å². The fraction of sp³-hybridized carbons (Fsp3) is 0.524. The standard InChI is InChI=1S/C21H26N4O4/c1-2-21(7-9-22-10-8-21)23-12-13-3-4-14-15(11-13)20(29)25(19(14)28)16-5-6-17(26)24-18(16)27/h3-4,11,16,22-23H,2,5-10,12H2,1H3,(H,24,26,27). The lowest BCUT2D eigenvalue weighted by Crippen LogP contribution is -2.54. The predicted molar refractivity (Wildman–Crippen MR) is 105 cm³/mol. The van der Waals surface area contributed by atoms with Crippen molar-refractivity contribution in [2.24, 2.45) is 0 Å². The van der Waals surface area contributed by atoms with E-state index in [9.17, 15) is 19.2 Å². The molecule has 1 aromatic carbocycles. The Bertz CT molecular complexity index is 875. The molecular formula is C21H26N4O4. The summed E-state index contributed by atoms with van der Waals surface area (Å²) in [4.78, 5) is 50.2. The third-order valence-corrected chi connectivity index (χ3v) is 6.41. The zero-order chi connectivity index (χ0) is 20.6. The molecule has 4 amide bonds. The topological polar surface area (TPSA) is 108 Å². The molecule has 4 rings (SSSR count). The van der Waals surface area contributed by atoms with Gasteiger partial charge in [-0.25, -0.2) is 0 Å². The van der Waals surface area contributed by atoms with E-state index in [1.54, 1.807) is 12.1 Å². The highest BCUT2D eigenvalue weighted by Gasteiger charge is 2.44. The molecule has 0 aliphatic carbocycles. The Hall–Kier alpha value is -2.58. The summed E-state index contributed by atoms with van der Waals surface area (Å²) in [5.41, 5.74) is 1.66. The van der Waals surface area contributed by atoms with Gasteiger partial charge in [0.2, 0.25) is 11.8 Å². The highest BCUT2D eigenvalue weighted by atomic mass is 16.2. The first kappa shape index (κ1) is 19.7. The average molecular weight is 398 g/mol. The van der Waals surface area contributed by atoms with Gasteiger partial charge < -0.3 is 10.6 Å². The molecule has 2 saturated heterocycles. The van der Waals surface area contributed by atoms with Crippen LogP contribution in [0, 0.1) is 0 Å². The van der Waals surface area contributed by atoms with E-state index in [0.29, 0.717) is 17.7 Å². The summed E-state index contributed by atoms with van der Waals surface area (Å²) in [5.74, 6) is -1.90. The van der Waals surface area contributed by atoms with Crippen LogP contribution in [0.5, 0.6) is 0 Å². The zero-order valence-corrected chi connectivity index (χ0v) is 16.5. The molecule has 1 aromatic rings. The third-order valence-electron chi connectivity index (χ3n) is 6.41. The first-order valence-electron chi connectivity index (χ1n) is 10.2. The minimum absolute atomic E-state index is 0.0862. The van der Waals surface area contributed by atoms with Gasteiger partial charge in [0.25, 0.3) is 11.8 Å². The monoisotopic (exact) mass is 398 g/mol. The summed E-state index contributed by atoms with van der Waals surface area (Å²) in [7, 11) is 0. The molecule has 0 saturated carbocycles. The first-order valence-corrected chi connectivity index (χ1v) is 10.2. The highest BCUT2D eigenvalue weighted by Crippen LogP contribution is 2.29. The lowest BCUT2D eigenvalue weighted by atomic mass is 9.85. The SMILES string of the molecule is CCC1(NCc2ccc3c(c2)C(=O)N(C2CCC(=O)NC2=O)C3=O)CCNCC1. The van der Waals surface area contributed by atoms with Crippen molar-refractivity contribution >= 4 is 23.6 Å². The second-order valence-electron chi connectivity index (χ2n) is 8.06. The molecule has 154 valence electrons. The van der Waals surface area contributed by atoms with E-state index in [-0.39, 0.29) is 24.3 Å². The number of nitrogens with zero attached hydrogens (tertiary/aromatic N) is 1. The van der Waals surface area contributed by atoms with Crippen LogP contribution in [0.3, 0.4) is 0 Å². The van der Waals surface area contributed by atoms with Gasteiger partial charge in [-0.1, -0.05) is 13.0 Å². The number of piperidine rings is 2. The van der Waals surface area contributed by atoms with Gasteiger partial charge in [0.05, 0.1) is 11.1 Å². The molecule has 1 atom stereocenters. The summed E-state index contributed by atoms with van der Waals surface area (Å²) in [6.07, 6.45) is 3.41. The Labute approximate surface area is 169 Å². The average Bonchev–Trinajstić information content (AvgIpc) is 2.97. The minimum atomic E-state index is -0.931. The van der Waals surface area contributed by atoms with E-state index < -0.39 is 23.8 Å².